The lowest BCUT2D eigenvalue weighted by molar-refractivity contribution is 0.0356. The van der Waals surface area contributed by atoms with Gasteiger partial charge in [0, 0.05) is 51.0 Å². The number of ether oxygens (including phenoxy) is 3. The summed E-state index contributed by atoms with van der Waals surface area (Å²) in [6.45, 7) is 6.91. The van der Waals surface area contributed by atoms with Gasteiger partial charge in [0.1, 0.15) is 5.75 Å². The molecule has 1 aromatic heterocycles. The molecule has 174 valence electrons. The Balaban J connectivity index is 1.48. The maximum absolute atomic E-state index is 12.8. The highest BCUT2D eigenvalue weighted by Crippen LogP contribution is 2.19. The highest BCUT2D eigenvalue weighted by molar-refractivity contribution is 7.80. The van der Waals surface area contributed by atoms with Crippen molar-refractivity contribution in [3.63, 3.8) is 0 Å². The zero-order chi connectivity index (χ0) is 22.3. The third kappa shape index (κ3) is 5.98. The lowest BCUT2D eigenvalue weighted by Gasteiger charge is -2.31. The highest BCUT2D eigenvalue weighted by atomic mass is 32.1. The fourth-order valence-electron chi connectivity index (χ4n) is 4.13. The van der Waals surface area contributed by atoms with E-state index in [1.165, 1.54) is 0 Å². The van der Waals surface area contributed by atoms with Crippen LogP contribution in [-0.2, 0) is 16.0 Å². The van der Waals surface area contributed by atoms with E-state index >= 15 is 0 Å². The number of benzene rings is 1. The number of methoxy groups -OCH3 is 1. The summed E-state index contributed by atoms with van der Waals surface area (Å²) in [7, 11) is 1.62. The van der Waals surface area contributed by atoms with E-state index in [-0.39, 0.29) is 11.7 Å². The van der Waals surface area contributed by atoms with Crippen LogP contribution in [-0.4, -0.2) is 85.7 Å². The van der Waals surface area contributed by atoms with E-state index in [9.17, 15) is 4.79 Å². The average molecular weight is 461 g/mol. The van der Waals surface area contributed by atoms with Gasteiger partial charge in [-0.25, -0.2) is 0 Å². The summed E-state index contributed by atoms with van der Waals surface area (Å²) in [6, 6.07) is 7.64. The van der Waals surface area contributed by atoms with E-state index in [0.29, 0.717) is 29.5 Å². The molecule has 2 aromatic rings. The molecule has 0 bridgehead atoms. The Bertz CT molecular complexity index is 970. The predicted molar refractivity (Wildman–Crippen MR) is 128 cm³/mol. The lowest BCUT2D eigenvalue weighted by atomic mass is 10.1. The molecule has 0 saturated carbocycles. The molecule has 2 aliphatic heterocycles. The Hall–Kier alpha value is -2.20. The van der Waals surface area contributed by atoms with Gasteiger partial charge in [-0.05, 0) is 48.6 Å². The number of nitrogens with zero attached hydrogens (tertiary/aromatic N) is 2. The number of rotatable bonds is 8. The normalized spacial score (nSPS) is 19.2. The van der Waals surface area contributed by atoms with Gasteiger partial charge in [0.25, 0.3) is 5.56 Å². The molecule has 0 amide bonds. The number of fused-ring (bicyclic) bond motifs is 1. The molecule has 1 unspecified atom stereocenters. The number of aromatic nitrogens is 1. The molecule has 32 heavy (non-hydrogen) atoms. The van der Waals surface area contributed by atoms with Crippen LogP contribution in [0.3, 0.4) is 0 Å². The third-order valence-corrected chi connectivity index (χ3v) is 6.48. The Morgan fingerprint density at radius 2 is 2.16 bits per heavy atom. The first kappa shape index (κ1) is 23.0. The van der Waals surface area contributed by atoms with Crippen molar-refractivity contribution in [2.24, 2.45) is 0 Å². The molecule has 2 aliphatic rings. The van der Waals surface area contributed by atoms with Crippen LogP contribution in [0.15, 0.2) is 29.1 Å². The van der Waals surface area contributed by atoms with E-state index < -0.39 is 0 Å². The summed E-state index contributed by atoms with van der Waals surface area (Å²) >= 11 is 5.74. The van der Waals surface area contributed by atoms with Crippen molar-refractivity contribution in [3.05, 3.63) is 40.2 Å². The maximum atomic E-state index is 12.8. The molecular formula is C23H32N4O4S. The molecule has 1 aromatic carbocycles. The Morgan fingerprint density at radius 3 is 2.91 bits per heavy atom. The van der Waals surface area contributed by atoms with Crippen LogP contribution >= 0.6 is 12.2 Å². The minimum absolute atomic E-state index is 0.107. The van der Waals surface area contributed by atoms with Crippen molar-refractivity contribution in [3.8, 4) is 5.75 Å². The summed E-state index contributed by atoms with van der Waals surface area (Å²) in [6.07, 6.45) is 2.35. The van der Waals surface area contributed by atoms with E-state index in [1.54, 1.807) is 7.11 Å². The second-order valence-corrected chi connectivity index (χ2v) is 8.66. The molecule has 9 heteroatoms. The number of hydrogen-bond acceptors (Lipinski definition) is 6. The number of nitrogens with one attached hydrogen (secondary N) is 2. The first-order valence-corrected chi connectivity index (χ1v) is 11.7. The Kier molecular flexibility index (Phi) is 7.96. The van der Waals surface area contributed by atoms with Gasteiger partial charge < -0.3 is 29.4 Å². The molecule has 3 heterocycles. The van der Waals surface area contributed by atoms with Crippen molar-refractivity contribution in [2.45, 2.75) is 25.5 Å². The predicted octanol–water partition coefficient (Wildman–Crippen LogP) is 1.72. The second-order valence-electron chi connectivity index (χ2n) is 8.27. The van der Waals surface area contributed by atoms with Crippen LogP contribution in [0.25, 0.3) is 10.9 Å². The van der Waals surface area contributed by atoms with Gasteiger partial charge in [-0.2, -0.15) is 0 Å². The van der Waals surface area contributed by atoms with Crippen LogP contribution in [0.1, 0.15) is 18.4 Å². The van der Waals surface area contributed by atoms with Gasteiger partial charge in [0.15, 0.2) is 5.11 Å². The molecule has 0 radical (unpaired) electrons. The quantitative estimate of drug-likeness (QED) is 0.577. The van der Waals surface area contributed by atoms with Crippen molar-refractivity contribution in [2.75, 3.05) is 59.7 Å². The summed E-state index contributed by atoms with van der Waals surface area (Å²) in [4.78, 5) is 20.3. The summed E-state index contributed by atoms with van der Waals surface area (Å²) < 4.78 is 16.4. The van der Waals surface area contributed by atoms with Gasteiger partial charge in [-0.1, -0.05) is 0 Å². The molecule has 1 atom stereocenters. The molecule has 4 rings (SSSR count). The fourth-order valence-corrected chi connectivity index (χ4v) is 4.37. The molecule has 2 saturated heterocycles. The number of morpholine rings is 1. The second kappa shape index (κ2) is 11.1. The zero-order valence-electron chi connectivity index (χ0n) is 18.6. The van der Waals surface area contributed by atoms with Gasteiger partial charge in [-0.15, -0.1) is 0 Å². The van der Waals surface area contributed by atoms with Gasteiger partial charge in [0.2, 0.25) is 0 Å². The number of H-pyrrole nitrogens is 1. The maximum Gasteiger partial charge on any atom is 0.253 e. The first-order chi connectivity index (χ1) is 15.6. The van der Waals surface area contributed by atoms with Crippen molar-refractivity contribution in [1.29, 1.82) is 0 Å². The smallest absolute Gasteiger partial charge is 0.253 e. The summed E-state index contributed by atoms with van der Waals surface area (Å²) in [5, 5.41) is 4.98. The zero-order valence-corrected chi connectivity index (χ0v) is 19.4. The number of pyridine rings is 1. The first-order valence-electron chi connectivity index (χ1n) is 11.3. The summed E-state index contributed by atoms with van der Waals surface area (Å²) in [5.74, 6) is 0.715. The fraction of sp³-hybridized carbons (Fsp3) is 0.565. The molecular weight excluding hydrogens is 428 g/mol. The van der Waals surface area contributed by atoms with Crippen LogP contribution in [0.5, 0.6) is 5.75 Å². The Morgan fingerprint density at radius 1 is 1.31 bits per heavy atom. The highest BCUT2D eigenvalue weighted by Gasteiger charge is 2.19. The Labute approximate surface area is 193 Å². The monoisotopic (exact) mass is 460 g/mol. The van der Waals surface area contributed by atoms with E-state index in [0.717, 1.165) is 69.7 Å². The summed E-state index contributed by atoms with van der Waals surface area (Å²) in [5.41, 5.74) is 1.34. The SMILES string of the molecule is COc1ccc2cc(CN(CCN3CCOCC3)C(=S)NCC3CCCO3)c(=O)[nH]c2c1. The minimum Gasteiger partial charge on any atom is -0.497 e. The average Bonchev–Trinajstić information content (AvgIpc) is 3.34. The van der Waals surface area contributed by atoms with E-state index in [4.69, 9.17) is 26.4 Å². The van der Waals surface area contributed by atoms with E-state index in [1.807, 2.05) is 24.3 Å². The number of aromatic amines is 1. The molecule has 0 spiro atoms. The van der Waals surface area contributed by atoms with Gasteiger partial charge >= 0.3 is 0 Å². The van der Waals surface area contributed by atoms with Crippen LogP contribution in [0.2, 0.25) is 0 Å². The van der Waals surface area contributed by atoms with Crippen molar-refractivity contribution >= 4 is 28.2 Å². The van der Waals surface area contributed by atoms with Crippen LogP contribution in [0, 0.1) is 0 Å². The number of hydrogen-bond donors (Lipinski definition) is 2. The van der Waals surface area contributed by atoms with Gasteiger partial charge in [0.05, 0.1) is 38.5 Å². The lowest BCUT2D eigenvalue weighted by Crippen LogP contribution is -2.47. The van der Waals surface area contributed by atoms with Gasteiger partial charge in [-0.3, -0.25) is 9.69 Å². The van der Waals surface area contributed by atoms with Crippen molar-refractivity contribution in [1.82, 2.24) is 20.1 Å². The number of thiocarbonyl (C=S) groups is 1. The van der Waals surface area contributed by atoms with Crippen LogP contribution in [0.4, 0.5) is 0 Å². The topological polar surface area (TPSA) is 79.1 Å². The molecule has 2 fully saturated rings. The minimum atomic E-state index is -0.107. The third-order valence-electron chi connectivity index (χ3n) is 6.07. The largest absolute Gasteiger partial charge is 0.497 e. The van der Waals surface area contributed by atoms with Crippen molar-refractivity contribution < 1.29 is 14.2 Å². The molecule has 8 nitrogen and oxygen atoms in total. The molecule has 2 N–H and O–H groups in total. The molecule has 0 aliphatic carbocycles. The van der Waals surface area contributed by atoms with Crippen LogP contribution < -0.4 is 15.6 Å². The van der Waals surface area contributed by atoms with E-state index in [2.05, 4.69) is 20.1 Å². The standard InChI is InChI=1S/C23H32N4O4S/c1-29-19-5-4-17-13-18(22(28)25-21(17)14-19)16-27(7-6-26-8-11-30-12-9-26)23(32)24-15-20-3-2-10-31-20/h4-5,13-14,20H,2-3,6-12,15-16H2,1H3,(H,24,32)(H,25,28).